The second-order valence-electron chi connectivity index (χ2n) is 20.7. The van der Waals surface area contributed by atoms with E-state index in [0.29, 0.717) is 0 Å². The molecule has 78 heavy (non-hydrogen) atoms. The van der Waals surface area contributed by atoms with Crippen LogP contribution in [0.5, 0.6) is 0 Å². The van der Waals surface area contributed by atoms with Crippen molar-refractivity contribution in [3.63, 3.8) is 0 Å². The van der Waals surface area contributed by atoms with Gasteiger partial charge in [0.15, 0.2) is 0 Å². The Morgan fingerprint density at radius 2 is 0.538 bits per heavy atom. The summed E-state index contributed by atoms with van der Waals surface area (Å²) in [4.78, 5) is 4.74. The van der Waals surface area contributed by atoms with E-state index in [1.54, 1.807) is 0 Å². The largest absolute Gasteiger partial charge is 0.310 e. The number of hydrogen-bond donors (Lipinski definition) is 0. The van der Waals surface area contributed by atoms with E-state index in [0.717, 1.165) is 34.1 Å². The van der Waals surface area contributed by atoms with Crippen molar-refractivity contribution in [2.75, 3.05) is 9.80 Å². The zero-order chi connectivity index (χ0) is 51.6. The Hall–Kier alpha value is -10.0. The summed E-state index contributed by atoms with van der Waals surface area (Å²) >= 11 is 0. The van der Waals surface area contributed by atoms with E-state index in [1.807, 2.05) is 0 Å². The van der Waals surface area contributed by atoms with Crippen LogP contribution in [-0.2, 0) is 10.8 Å². The molecule has 2 nitrogen and oxygen atoms in total. The minimum absolute atomic E-state index is 0.670. The second-order valence-corrected chi connectivity index (χ2v) is 20.7. The molecule has 0 atom stereocenters. The molecule has 0 N–H and O–H groups in total. The van der Waals surface area contributed by atoms with Gasteiger partial charge in [-0.15, -0.1) is 0 Å². The van der Waals surface area contributed by atoms with Gasteiger partial charge < -0.3 is 9.80 Å². The van der Waals surface area contributed by atoms with E-state index in [9.17, 15) is 0 Å². The molecule has 0 saturated carbocycles. The van der Waals surface area contributed by atoms with Crippen molar-refractivity contribution >= 4 is 55.7 Å². The second kappa shape index (κ2) is 18.4. The van der Waals surface area contributed by atoms with Crippen LogP contribution in [-0.4, -0.2) is 0 Å². The monoisotopic (exact) mass is 992 g/mol. The van der Waals surface area contributed by atoms with Crippen LogP contribution >= 0.6 is 0 Å². The smallest absolute Gasteiger partial charge is 0.0719 e. The molecule has 0 bridgehead atoms. The summed E-state index contributed by atoms with van der Waals surface area (Å²) in [6.07, 6.45) is 0. The van der Waals surface area contributed by atoms with E-state index in [2.05, 4.69) is 325 Å². The van der Waals surface area contributed by atoms with Crippen LogP contribution in [0.4, 0.5) is 34.1 Å². The molecule has 15 rings (SSSR count). The number of rotatable bonds is 10. The number of anilines is 6. The Balaban J connectivity index is 1.04. The van der Waals surface area contributed by atoms with Crippen LogP contribution in [0.25, 0.3) is 43.8 Å². The summed E-state index contributed by atoms with van der Waals surface area (Å²) in [6.45, 7) is 0. The summed E-state index contributed by atoms with van der Waals surface area (Å²) in [6, 6.07) is 117. The van der Waals surface area contributed by atoms with E-state index in [1.165, 1.54) is 88.3 Å². The lowest BCUT2D eigenvalue weighted by Gasteiger charge is -2.37. The fourth-order valence-corrected chi connectivity index (χ4v) is 13.5. The molecule has 0 spiro atoms. The molecule has 13 aromatic carbocycles. The third-order valence-corrected chi connectivity index (χ3v) is 16.7. The van der Waals surface area contributed by atoms with Crippen molar-refractivity contribution in [3.05, 3.63) is 360 Å². The zero-order valence-electron chi connectivity index (χ0n) is 42.9. The van der Waals surface area contributed by atoms with Crippen LogP contribution in [0, 0.1) is 0 Å². The first-order valence-electron chi connectivity index (χ1n) is 27.1. The van der Waals surface area contributed by atoms with Gasteiger partial charge in [0.2, 0.25) is 0 Å². The minimum Gasteiger partial charge on any atom is -0.310 e. The number of fused-ring (bicyclic) bond motifs is 9. The van der Waals surface area contributed by atoms with Crippen LogP contribution < -0.4 is 9.80 Å². The maximum Gasteiger partial charge on any atom is 0.0719 e. The molecule has 0 amide bonds. The molecular weight excluding hydrogens is 941 g/mol. The zero-order valence-corrected chi connectivity index (χ0v) is 42.9. The lowest BCUT2D eigenvalue weighted by Crippen LogP contribution is -2.31. The molecule has 0 unspecified atom stereocenters. The molecule has 2 aliphatic rings. The molecule has 0 aliphatic heterocycles. The molecule has 0 aromatic heterocycles. The van der Waals surface area contributed by atoms with Crippen molar-refractivity contribution in [2.24, 2.45) is 0 Å². The van der Waals surface area contributed by atoms with Crippen molar-refractivity contribution in [1.82, 2.24) is 0 Å². The highest BCUT2D eigenvalue weighted by atomic mass is 15.1. The predicted octanol–water partition coefficient (Wildman–Crippen LogP) is 19.7. The van der Waals surface area contributed by atoms with Gasteiger partial charge in [-0.3, -0.25) is 0 Å². The highest BCUT2D eigenvalue weighted by Gasteiger charge is 2.54. The van der Waals surface area contributed by atoms with Crippen LogP contribution in [0.2, 0.25) is 0 Å². The fourth-order valence-electron chi connectivity index (χ4n) is 13.5. The van der Waals surface area contributed by atoms with Gasteiger partial charge in [-0.2, -0.15) is 0 Å². The molecule has 0 saturated heterocycles. The number of benzene rings is 13. The van der Waals surface area contributed by atoms with Crippen molar-refractivity contribution in [2.45, 2.75) is 10.8 Å². The van der Waals surface area contributed by atoms with Gasteiger partial charge in [0.1, 0.15) is 0 Å². The lowest BCUT2D eigenvalue weighted by molar-refractivity contribution is 0.755. The van der Waals surface area contributed by atoms with E-state index < -0.39 is 10.8 Å². The quantitative estimate of drug-likeness (QED) is 0.135. The average Bonchev–Trinajstić information content (AvgIpc) is 3.75. The summed E-state index contributed by atoms with van der Waals surface area (Å²) in [7, 11) is 0. The number of para-hydroxylation sites is 4. The maximum atomic E-state index is 2.53. The van der Waals surface area contributed by atoms with Gasteiger partial charge in [0.05, 0.1) is 10.8 Å². The highest BCUT2D eigenvalue weighted by molar-refractivity contribution is 6.05. The summed E-state index contributed by atoms with van der Waals surface area (Å²) in [5.74, 6) is 0. The third-order valence-electron chi connectivity index (χ3n) is 16.7. The van der Waals surface area contributed by atoms with Gasteiger partial charge >= 0.3 is 0 Å². The van der Waals surface area contributed by atoms with Crippen LogP contribution in [0.3, 0.4) is 0 Å². The van der Waals surface area contributed by atoms with E-state index in [4.69, 9.17) is 0 Å². The Morgan fingerprint density at radius 1 is 0.205 bits per heavy atom. The lowest BCUT2D eigenvalue weighted by atomic mass is 9.64. The Kier molecular flexibility index (Phi) is 10.7. The van der Waals surface area contributed by atoms with Crippen molar-refractivity contribution < 1.29 is 0 Å². The van der Waals surface area contributed by atoms with Crippen molar-refractivity contribution in [3.8, 4) is 22.3 Å². The molecule has 2 heteroatoms. The molecule has 0 radical (unpaired) electrons. The van der Waals surface area contributed by atoms with Crippen molar-refractivity contribution in [1.29, 1.82) is 0 Å². The molecule has 13 aromatic rings. The molecule has 2 aliphatic carbocycles. The minimum atomic E-state index is -0.716. The number of nitrogens with zero attached hydrogens (tertiary/aromatic N) is 2. The van der Waals surface area contributed by atoms with Gasteiger partial charge in [0, 0.05) is 34.1 Å². The van der Waals surface area contributed by atoms with Gasteiger partial charge in [0.25, 0.3) is 0 Å². The standard InChI is InChI=1S/C76H52N2/c1-9-25-57(26-10-1)75(58-27-11-2-12-28-58)70-46-45-67-68-49-53-41-43-65(77(61-33-17-5-18-34-61)62-35-19-6-20-36-62)47-55(53)51-71(68)76(59-29-13-3-14-30-59,60-31-15-4-16-32-60)74(67)73(70)69-50-54-42-44-66(48-56(54)52-72(69)75)78(63-37-21-7-22-38-63)64-39-23-8-24-40-64/h1-52H. The van der Waals surface area contributed by atoms with Gasteiger partial charge in [-0.05, 0) is 185 Å². The van der Waals surface area contributed by atoms with Crippen LogP contribution in [0.1, 0.15) is 44.5 Å². The van der Waals surface area contributed by atoms with Gasteiger partial charge in [-0.1, -0.05) is 218 Å². The summed E-state index contributed by atoms with van der Waals surface area (Å²) in [5, 5.41) is 4.77. The first kappa shape index (κ1) is 45.4. The first-order valence-corrected chi connectivity index (χ1v) is 27.1. The third kappa shape index (κ3) is 6.90. The molecule has 0 heterocycles. The Morgan fingerprint density at radius 3 is 0.923 bits per heavy atom. The SMILES string of the molecule is c1ccc(N(c2ccccc2)c2ccc3cc4c(cc3c2)C(c2ccccc2)(c2ccccc2)c2ccc3c(c2-4)C(c2ccccc2)(c2ccccc2)c2cc4cc(N(c5ccccc5)c5ccccc5)ccc4cc2-3)cc1. The molecule has 366 valence electrons. The molecule has 0 fully saturated rings. The van der Waals surface area contributed by atoms with Crippen LogP contribution in [0.15, 0.2) is 315 Å². The maximum absolute atomic E-state index is 2.53. The van der Waals surface area contributed by atoms with Gasteiger partial charge in [-0.25, -0.2) is 0 Å². The Labute approximate surface area is 456 Å². The highest BCUT2D eigenvalue weighted by Crippen LogP contribution is 2.66. The topological polar surface area (TPSA) is 6.48 Å². The first-order chi connectivity index (χ1) is 38.7. The fraction of sp³-hybridized carbons (Fsp3) is 0.0263. The predicted molar refractivity (Wildman–Crippen MR) is 325 cm³/mol. The van der Waals surface area contributed by atoms with E-state index in [-0.39, 0.29) is 0 Å². The number of hydrogen-bond acceptors (Lipinski definition) is 2. The summed E-state index contributed by atoms with van der Waals surface area (Å²) in [5.41, 5.74) is 20.5. The normalized spacial score (nSPS) is 13.3. The Bertz CT molecular complexity index is 4180. The molecular formula is C76H52N2. The van der Waals surface area contributed by atoms with E-state index >= 15 is 0 Å². The average molecular weight is 993 g/mol. The summed E-state index contributed by atoms with van der Waals surface area (Å²) < 4.78 is 0.